The molecule has 2 N–H and O–H groups in total. The molecule has 0 fully saturated rings. The highest BCUT2D eigenvalue weighted by atomic mass is 19.1. The van der Waals surface area contributed by atoms with Gasteiger partial charge in [0.2, 0.25) is 5.91 Å². The number of carbonyl (C=O) groups is 2. The zero-order valence-corrected chi connectivity index (χ0v) is 16.1. The van der Waals surface area contributed by atoms with Crippen LogP contribution >= 0.6 is 0 Å². The van der Waals surface area contributed by atoms with Gasteiger partial charge in [0.05, 0.1) is 0 Å². The van der Waals surface area contributed by atoms with Crippen LogP contribution in [-0.4, -0.2) is 17.9 Å². The Balaban J connectivity index is 1.90. The second-order valence-corrected chi connectivity index (χ2v) is 6.94. The monoisotopic (exact) mass is 370 g/mol. The van der Waals surface area contributed by atoms with E-state index in [0.29, 0.717) is 18.5 Å². The molecule has 0 aromatic heterocycles. The van der Waals surface area contributed by atoms with E-state index in [-0.39, 0.29) is 29.6 Å². The molecule has 2 aromatic carbocycles. The zero-order valence-electron chi connectivity index (χ0n) is 16.1. The summed E-state index contributed by atoms with van der Waals surface area (Å²) in [6.45, 7) is 6.14. The molecule has 4 nitrogen and oxygen atoms in total. The lowest BCUT2D eigenvalue weighted by Gasteiger charge is -2.14. The van der Waals surface area contributed by atoms with Crippen molar-refractivity contribution in [2.45, 2.75) is 46.2 Å². The lowest BCUT2D eigenvalue weighted by Crippen LogP contribution is -2.32. The summed E-state index contributed by atoms with van der Waals surface area (Å²) in [7, 11) is 0. The number of nitrogens with one attached hydrogen (secondary N) is 2. The van der Waals surface area contributed by atoms with Gasteiger partial charge in [-0.2, -0.15) is 0 Å². The van der Waals surface area contributed by atoms with Gasteiger partial charge in [0.1, 0.15) is 5.82 Å². The summed E-state index contributed by atoms with van der Waals surface area (Å²) >= 11 is 0. The minimum Gasteiger partial charge on any atom is -0.352 e. The molecular formula is C22H27FN2O2. The molecule has 0 bridgehead atoms. The van der Waals surface area contributed by atoms with E-state index in [1.807, 2.05) is 39.0 Å². The number of benzene rings is 2. The summed E-state index contributed by atoms with van der Waals surface area (Å²) in [6, 6.07) is 13.6. The minimum absolute atomic E-state index is 0.103. The Kier molecular flexibility index (Phi) is 7.53. The molecule has 0 heterocycles. The summed E-state index contributed by atoms with van der Waals surface area (Å²) < 4.78 is 13.3. The molecule has 0 aliphatic heterocycles. The first-order valence-electron chi connectivity index (χ1n) is 9.31. The van der Waals surface area contributed by atoms with Crippen molar-refractivity contribution in [3.8, 4) is 0 Å². The summed E-state index contributed by atoms with van der Waals surface area (Å²) in [5.41, 5.74) is 2.23. The standard InChI is InChI=1S/C22H27FN2O2/c1-4-16(3)25-22(27)19-9-5-8-18(12-19)14-24-21(26)15(2)11-17-7-6-10-20(23)13-17/h5-10,12-13,15-16H,4,11,14H2,1-3H3,(H,24,26)(H,25,27). The maximum Gasteiger partial charge on any atom is 0.251 e. The fourth-order valence-corrected chi connectivity index (χ4v) is 2.71. The molecule has 27 heavy (non-hydrogen) atoms. The molecule has 2 rings (SSSR count). The molecule has 2 aromatic rings. The molecule has 0 spiro atoms. The van der Waals surface area contributed by atoms with Gasteiger partial charge in [0.15, 0.2) is 0 Å². The van der Waals surface area contributed by atoms with Crippen LogP contribution < -0.4 is 10.6 Å². The van der Waals surface area contributed by atoms with Gasteiger partial charge in [0.25, 0.3) is 5.91 Å². The number of carbonyl (C=O) groups excluding carboxylic acids is 2. The van der Waals surface area contributed by atoms with Gasteiger partial charge in [-0.15, -0.1) is 0 Å². The molecule has 2 unspecified atom stereocenters. The van der Waals surface area contributed by atoms with E-state index in [9.17, 15) is 14.0 Å². The maximum atomic E-state index is 13.3. The number of amides is 2. The SMILES string of the molecule is CCC(C)NC(=O)c1cccc(CNC(=O)C(C)Cc2cccc(F)c2)c1. The Labute approximate surface area is 160 Å². The topological polar surface area (TPSA) is 58.2 Å². The van der Waals surface area contributed by atoms with Gasteiger partial charge in [-0.25, -0.2) is 4.39 Å². The van der Waals surface area contributed by atoms with Gasteiger partial charge in [0, 0.05) is 24.1 Å². The number of halogens is 1. The second kappa shape index (κ2) is 9.86. The predicted octanol–water partition coefficient (Wildman–Crippen LogP) is 3.85. The highest BCUT2D eigenvalue weighted by Crippen LogP contribution is 2.11. The Morgan fingerprint density at radius 2 is 1.74 bits per heavy atom. The van der Waals surface area contributed by atoms with E-state index >= 15 is 0 Å². The average Bonchev–Trinajstić information content (AvgIpc) is 2.66. The van der Waals surface area contributed by atoms with Crippen LogP contribution in [0.3, 0.4) is 0 Å². The van der Waals surface area contributed by atoms with Gasteiger partial charge in [-0.1, -0.05) is 38.1 Å². The van der Waals surface area contributed by atoms with Crippen LogP contribution in [0.25, 0.3) is 0 Å². The first-order chi connectivity index (χ1) is 12.9. The third-order valence-corrected chi connectivity index (χ3v) is 4.52. The van der Waals surface area contributed by atoms with E-state index in [0.717, 1.165) is 17.5 Å². The zero-order chi connectivity index (χ0) is 19.8. The van der Waals surface area contributed by atoms with Crippen molar-refractivity contribution < 1.29 is 14.0 Å². The Hall–Kier alpha value is -2.69. The lowest BCUT2D eigenvalue weighted by molar-refractivity contribution is -0.124. The normalized spacial score (nSPS) is 12.9. The lowest BCUT2D eigenvalue weighted by atomic mass is 10.00. The average molecular weight is 370 g/mol. The summed E-state index contributed by atoms with van der Waals surface area (Å²) in [5, 5.41) is 5.82. The van der Waals surface area contributed by atoms with Crippen LogP contribution in [0.2, 0.25) is 0 Å². The first kappa shape index (κ1) is 20.6. The van der Waals surface area contributed by atoms with Crippen LogP contribution in [0, 0.1) is 11.7 Å². The van der Waals surface area contributed by atoms with Crippen molar-refractivity contribution in [3.05, 3.63) is 71.0 Å². The van der Waals surface area contributed by atoms with E-state index in [1.165, 1.54) is 12.1 Å². The first-order valence-corrected chi connectivity index (χ1v) is 9.31. The highest BCUT2D eigenvalue weighted by molar-refractivity contribution is 5.94. The van der Waals surface area contributed by atoms with Crippen LogP contribution in [0.5, 0.6) is 0 Å². The van der Waals surface area contributed by atoms with Crippen molar-refractivity contribution in [1.29, 1.82) is 0 Å². The fraction of sp³-hybridized carbons (Fsp3) is 0.364. The van der Waals surface area contributed by atoms with E-state index in [4.69, 9.17) is 0 Å². The van der Waals surface area contributed by atoms with Gasteiger partial charge in [-0.05, 0) is 55.2 Å². The van der Waals surface area contributed by atoms with Crippen molar-refractivity contribution in [3.63, 3.8) is 0 Å². The minimum atomic E-state index is -0.299. The van der Waals surface area contributed by atoms with Crippen molar-refractivity contribution >= 4 is 11.8 Å². The van der Waals surface area contributed by atoms with Crippen LogP contribution in [0.4, 0.5) is 4.39 Å². The second-order valence-electron chi connectivity index (χ2n) is 6.94. The molecule has 0 saturated heterocycles. The summed E-state index contributed by atoms with van der Waals surface area (Å²) in [6.07, 6.45) is 1.34. The maximum absolute atomic E-state index is 13.3. The van der Waals surface area contributed by atoms with Crippen LogP contribution in [0.1, 0.15) is 48.7 Å². The van der Waals surface area contributed by atoms with Gasteiger partial charge in [-0.3, -0.25) is 9.59 Å². The predicted molar refractivity (Wildman–Crippen MR) is 105 cm³/mol. The fourth-order valence-electron chi connectivity index (χ4n) is 2.71. The largest absolute Gasteiger partial charge is 0.352 e. The van der Waals surface area contributed by atoms with Crippen molar-refractivity contribution in [2.24, 2.45) is 5.92 Å². The van der Waals surface area contributed by atoms with E-state index < -0.39 is 0 Å². The Morgan fingerprint density at radius 3 is 2.44 bits per heavy atom. The molecule has 5 heteroatoms. The van der Waals surface area contributed by atoms with E-state index in [2.05, 4.69) is 10.6 Å². The number of hydrogen-bond acceptors (Lipinski definition) is 2. The molecule has 0 saturated carbocycles. The molecule has 0 aliphatic rings. The molecule has 144 valence electrons. The van der Waals surface area contributed by atoms with Gasteiger partial charge >= 0.3 is 0 Å². The smallest absolute Gasteiger partial charge is 0.251 e. The van der Waals surface area contributed by atoms with Crippen LogP contribution in [0.15, 0.2) is 48.5 Å². The molecule has 0 aliphatic carbocycles. The summed E-state index contributed by atoms with van der Waals surface area (Å²) in [5.74, 6) is -0.790. The number of rotatable bonds is 8. The number of hydrogen-bond donors (Lipinski definition) is 2. The van der Waals surface area contributed by atoms with Crippen molar-refractivity contribution in [2.75, 3.05) is 0 Å². The van der Waals surface area contributed by atoms with Crippen molar-refractivity contribution in [1.82, 2.24) is 10.6 Å². The molecular weight excluding hydrogens is 343 g/mol. The van der Waals surface area contributed by atoms with E-state index in [1.54, 1.807) is 18.2 Å². The molecule has 2 atom stereocenters. The van der Waals surface area contributed by atoms with Gasteiger partial charge < -0.3 is 10.6 Å². The molecule has 2 amide bonds. The quantitative estimate of drug-likeness (QED) is 0.742. The summed E-state index contributed by atoms with van der Waals surface area (Å²) in [4.78, 5) is 24.5. The highest BCUT2D eigenvalue weighted by Gasteiger charge is 2.14. The Morgan fingerprint density at radius 1 is 1.04 bits per heavy atom. The Bertz CT molecular complexity index is 791. The third-order valence-electron chi connectivity index (χ3n) is 4.52. The molecule has 0 radical (unpaired) electrons. The third kappa shape index (κ3) is 6.51. The van der Waals surface area contributed by atoms with Crippen LogP contribution in [-0.2, 0) is 17.8 Å².